The van der Waals surface area contributed by atoms with Gasteiger partial charge in [0.15, 0.2) is 0 Å². The van der Waals surface area contributed by atoms with Crippen molar-refractivity contribution in [1.29, 1.82) is 0 Å². The molecule has 5 heteroatoms. The number of ether oxygens (including phenoxy) is 2. The third-order valence-electron chi connectivity index (χ3n) is 4.70. The summed E-state index contributed by atoms with van der Waals surface area (Å²) in [6.45, 7) is 0.914. The number of pyridine rings is 2. The Labute approximate surface area is 170 Å². The molecular weight excluding hydrogens is 362 g/mol. The zero-order valence-electron chi connectivity index (χ0n) is 16.3. The van der Waals surface area contributed by atoms with Gasteiger partial charge in [-0.25, -0.2) is 0 Å². The maximum Gasteiger partial charge on any atom is 0.142 e. The molecule has 4 aromatic rings. The Kier molecular flexibility index (Phi) is 6.10. The Hall–Kier alpha value is -3.28. The second kappa shape index (κ2) is 9.28. The van der Waals surface area contributed by atoms with Gasteiger partial charge in [0.05, 0.1) is 12.8 Å². The van der Waals surface area contributed by atoms with Crippen molar-refractivity contribution >= 4 is 10.8 Å². The van der Waals surface area contributed by atoms with Gasteiger partial charge in [-0.1, -0.05) is 42.5 Å². The quantitative estimate of drug-likeness (QED) is 0.455. The third kappa shape index (κ3) is 4.96. The van der Waals surface area contributed by atoms with Crippen molar-refractivity contribution in [3.05, 3.63) is 91.0 Å². The Morgan fingerprint density at radius 2 is 1.76 bits per heavy atom. The van der Waals surface area contributed by atoms with Gasteiger partial charge in [0.1, 0.15) is 18.6 Å². The molecule has 1 N–H and O–H groups in total. The molecule has 0 spiro atoms. The van der Waals surface area contributed by atoms with Gasteiger partial charge in [-0.05, 0) is 41.8 Å². The van der Waals surface area contributed by atoms with Crippen molar-refractivity contribution in [3.8, 4) is 16.9 Å². The molecule has 0 amide bonds. The van der Waals surface area contributed by atoms with E-state index in [0.29, 0.717) is 19.0 Å². The first-order chi connectivity index (χ1) is 14.3. The maximum atomic E-state index is 5.94. The summed E-state index contributed by atoms with van der Waals surface area (Å²) in [7, 11) is 1.86. The van der Waals surface area contributed by atoms with E-state index in [4.69, 9.17) is 9.47 Å². The van der Waals surface area contributed by atoms with Gasteiger partial charge in [0.2, 0.25) is 0 Å². The van der Waals surface area contributed by atoms with Gasteiger partial charge >= 0.3 is 0 Å². The van der Waals surface area contributed by atoms with E-state index >= 15 is 0 Å². The molecule has 0 fully saturated rings. The summed E-state index contributed by atoms with van der Waals surface area (Å²) in [5, 5.41) is 5.40. The monoisotopic (exact) mass is 385 g/mol. The van der Waals surface area contributed by atoms with E-state index in [1.807, 2.05) is 61.9 Å². The molecule has 2 aromatic carbocycles. The number of fused-ring (bicyclic) bond motifs is 1. The van der Waals surface area contributed by atoms with Crippen LogP contribution >= 0.6 is 0 Å². The molecule has 0 saturated carbocycles. The van der Waals surface area contributed by atoms with Crippen LogP contribution in [0.1, 0.15) is 5.56 Å². The topological polar surface area (TPSA) is 56.3 Å². The van der Waals surface area contributed by atoms with Crippen LogP contribution in [0.3, 0.4) is 0 Å². The number of rotatable bonds is 8. The van der Waals surface area contributed by atoms with Crippen molar-refractivity contribution in [2.75, 3.05) is 13.7 Å². The molecule has 2 heterocycles. The van der Waals surface area contributed by atoms with E-state index < -0.39 is 0 Å². The highest BCUT2D eigenvalue weighted by atomic mass is 16.5. The van der Waals surface area contributed by atoms with E-state index in [1.165, 1.54) is 0 Å². The highest BCUT2D eigenvalue weighted by molar-refractivity contribution is 5.86. The predicted molar refractivity (Wildman–Crippen MR) is 115 cm³/mol. The average Bonchev–Trinajstić information content (AvgIpc) is 2.80. The Bertz CT molecular complexity index is 1070. The van der Waals surface area contributed by atoms with Crippen LogP contribution < -0.4 is 10.1 Å². The fourth-order valence-corrected chi connectivity index (χ4v) is 3.08. The van der Waals surface area contributed by atoms with Crippen molar-refractivity contribution in [2.45, 2.75) is 12.8 Å². The van der Waals surface area contributed by atoms with Crippen LogP contribution in [-0.4, -0.2) is 29.9 Å². The number of nitrogens with one attached hydrogen (secondary N) is 1. The van der Waals surface area contributed by atoms with Crippen LogP contribution in [0, 0.1) is 0 Å². The molecule has 4 rings (SSSR count). The molecule has 0 aliphatic heterocycles. The molecule has 0 aliphatic rings. The fraction of sp³-hybridized carbons (Fsp3) is 0.167. The molecule has 146 valence electrons. The number of likely N-dealkylation sites (N-methyl/N-ethyl adjacent to an activating group) is 1. The smallest absolute Gasteiger partial charge is 0.142 e. The first-order valence-corrected chi connectivity index (χ1v) is 9.56. The summed E-state index contributed by atoms with van der Waals surface area (Å²) in [5.41, 5.74) is 3.22. The fourth-order valence-electron chi connectivity index (χ4n) is 3.08. The summed E-state index contributed by atoms with van der Waals surface area (Å²) in [6.07, 6.45) is 7.02. The van der Waals surface area contributed by atoms with E-state index in [1.54, 1.807) is 12.4 Å². The van der Waals surface area contributed by atoms with Crippen LogP contribution in [0.4, 0.5) is 0 Å². The number of hydrogen-bond acceptors (Lipinski definition) is 5. The Balaban J connectivity index is 1.41. The van der Waals surface area contributed by atoms with Gasteiger partial charge in [-0.2, -0.15) is 0 Å². The second-order valence-corrected chi connectivity index (χ2v) is 6.73. The molecule has 29 heavy (non-hydrogen) atoms. The van der Waals surface area contributed by atoms with Gasteiger partial charge < -0.3 is 9.47 Å². The molecule has 0 aliphatic carbocycles. The maximum absolute atomic E-state index is 5.94. The standard InChI is InChI=1S/C24H23N3O2/c1-25-24(29-16-18-5-3-2-4-6-18)17-28-23-12-22(14-27-15-23)19-7-8-21-13-26-10-9-20(21)11-19/h2-15,24-25H,16-17H2,1H3. The van der Waals surface area contributed by atoms with Crippen LogP contribution in [-0.2, 0) is 11.3 Å². The summed E-state index contributed by atoms with van der Waals surface area (Å²) < 4.78 is 11.8. The lowest BCUT2D eigenvalue weighted by atomic mass is 10.0. The minimum atomic E-state index is -0.216. The molecule has 2 aromatic heterocycles. The number of aromatic nitrogens is 2. The average molecular weight is 385 g/mol. The molecule has 0 saturated heterocycles. The first-order valence-electron chi connectivity index (χ1n) is 9.56. The lowest BCUT2D eigenvalue weighted by molar-refractivity contribution is -0.00684. The van der Waals surface area contributed by atoms with Crippen molar-refractivity contribution in [3.63, 3.8) is 0 Å². The Morgan fingerprint density at radius 1 is 0.862 bits per heavy atom. The van der Waals surface area contributed by atoms with E-state index in [2.05, 4.69) is 33.5 Å². The highest BCUT2D eigenvalue weighted by Crippen LogP contribution is 2.26. The van der Waals surface area contributed by atoms with Crippen molar-refractivity contribution in [1.82, 2.24) is 15.3 Å². The zero-order chi connectivity index (χ0) is 19.9. The normalized spacial score (nSPS) is 12.0. The second-order valence-electron chi connectivity index (χ2n) is 6.73. The van der Waals surface area contributed by atoms with Crippen LogP contribution in [0.25, 0.3) is 21.9 Å². The SMILES string of the molecule is CNC(COc1cncc(-c2ccc3cnccc3c2)c1)OCc1ccccc1. The minimum absolute atomic E-state index is 0.216. The molecule has 0 radical (unpaired) electrons. The van der Waals surface area contributed by atoms with Crippen molar-refractivity contribution < 1.29 is 9.47 Å². The van der Waals surface area contributed by atoms with Crippen LogP contribution in [0.2, 0.25) is 0 Å². The summed E-state index contributed by atoms with van der Waals surface area (Å²) >= 11 is 0. The van der Waals surface area contributed by atoms with E-state index in [0.717, 1.165) is 27.5 Å². The largest absolute Gasteiger partial charge is 0.488 e. The molecule has 5 nitrogen and oxygen atoms in total. The molecule has 1 unspecified atom stereocenters. The minimum Gasteiger partial charge on any atom is -0.488 e. The van der Waals surface area contributed by atoms with Gasteiger partial charge in [-0.15, -0.1) is 0 Å². The molecular formula is C24H23N3O2. The lowest BCUT2D eigenvalue weighted by Gasteiger charge is -2.18. The predicted octanol–water partition coefficient (Wildman–Crippen LogP) is 4.44. The van der Waals surface area contributed by atoms with Gasteiger partial charge in [-0.3, -0.25) is 15.3 Å². The van der Waals surface area contributed by atoms with Gasteiger partial charge in [0, 0.05) is 29.5 Å². The van der Waals surface area contributed by atoms with Gasteiger partial charge in [0.25, 0.3) is 0 Å². The first kappa shape index (κ1) is 19.1. The number of benzene rings is 2. The highest BCUT2D eigenvalue weighted by Gasteiger charge is 2.09. The van der Waals surface area contributed by atoms with Crippen LogP contribution in [0.15, 0.2) is 85.5 Å². The van der Waals surface area contributed by atoms with E-state index in [9.17, 15) is 0 Å². The molecule has 0 bridgehead atoms. The zero-order valence-corrected chi connectivity index (χ0v) is 16.3. The number of nitrogens with zero attached hydrogens (tertiary/aromatic N) is 2. The lowest BCUT2D eigenvalue weighted by Crippen LogP contribution is -2.34. The van der Waals surface area contributed by atoms with Crippen LogP contribution in [0.5, 0.6) is 5.75 Å². The number of hydrogen-bond donors (Lipinski definition) is 1. The summed E-state index contributed by atoms with van der Waals surface area (Å²) in [4.78, 5) is 8.50. The third-order valence-corrected chi connectivity index (χ3v) is 4.70. The van der Waals surface area contributed by atoms with E-state index in [-0.39, 0.29) is 6.23 Å². The van der Waals surface area contributed by atoms with Crippen molar-refractivity contribution in [2.24, 2.45) is 0 Å². The summed E-state index contributed by atoms with van der Waals surface area (Å²) in [6, 6.07) is 20.4. The summed E-state index contributed by atoms with van der Waals surface area (Å²) in [5.74, 6) is 0.709. The Morgan fingerprint density at radius 3 is 2.62 bits per heavy atom. The molecule has 1 atom stereocenters.